The first-order valence-electron chi connectivity index (χ1n) is 7.44. The van der Waals surface area contributed by atoms with Gasteiger partial charge in [-0.1, -0.05) is 40.0 Å². The van der Waals surface area contributed by atoms with Crippen molar-refractivity contribution in [3.05, 3.63) is 0 Å². The van der Waals surface area contributed by atoms with Gasteiger partial charge in [-0.2, -0.15) is 11.8 Å². The number of nitrogens with one attached hydrogen (secondary N) is 1. The zero-order valence-corrected chi connectivity index (χ0v) is 12.6. The summed E-state index contributed by atoms with van der Waals surface area (Å²) in [6.07, 6.45) is 8.50. The normalized spacial score (nSPS) is 37.9. The highest BCUT2D eigenvalue weighted by molar-refractivity contribution is 7.99. The van der Waals surface area contributed by atoms with E-state index in [2.05, 4.69) is 37.8 Å². The summed E-state index contributed by atoms with van der Waals surface area (Å²) >= 11 is 2.14. The molecule has 2 heteroatoms. The average molecular weight is 255 g/mol. The average Bonchev–Trinajstić information content (AvgIpc) is 2.28. The summed E-state index contributed by atoms with van der Waals surface area (Å²) < 4.78 is 0. The summed E-state index contributed by atoms with van der Waals surface area (Å²) in [6.45, 7) is 7.21. The Kier molecular flexibility index (Phi) is 4.82. The minimum Gasteiger partial charge on any atom is -0.310 e. The minimum atomic E-state index is 0.539. The summed E-state index contributed by atoms with van der Waals surface area (Å²) in [5.41, 5.74) is 0.539. The van der Waals surface area contributed by atoms with Crippen molar-refractivity contribution in [2.45, 2.75) is 71.4 Å². The van der Waals surface area contributed by atoms with Gasteiger partial charge in [0.2, 0.25) is 0 Å². The third-order valence-electron chi connectivity index (χ3n) is 4.49. The van der Waals surface area contributed by atoms with Crippen molar-refractivity contribution in [3.8, 4) is 0 Å². The highest BCUT2D eigenvalue weighted by Crippen LogP contribution is 2.35. The number of thioether (sulfide) groups is 1. The van der Waals surface area contributed by atoms with Crippen LogP contribution >= 0.6 is 11.8 Å². The smallest absolute Gasteiger partial charge is 0.0166 e. The van der Waals surface area contributed by atoms with E-state index < -0.39 is 0 Å². The van der Waals surface area contributed by atoms with Crippen molar-refractivity contribution in [2.24, 2.45) is 11.3 Å². The van der Waals surface area contributed by atoms with Crippen LogP contribution in [0.3, 0.4) is 0 Å². The van der Waals surface area contributed by atoms with Crippen molar-refractivity contribution in [1.82, 2.24) is 5.32 Å². The summed E-state index contributed by atoms with van der Waals surface area (Å²) in [7, 11) is 0. The van der Waals surface area contributed by atoms with Gasteiger partial charge >= 0.3 is 0 Å². The third kappa shape index (κ3) is 3.89. The van der Waals surface area contributed by atoms with Crippen LogP contribution < -0.4 is 5.32 Å². The second-order valence-corrected chi connectivity index (χ2v) is 7.84. The van der Waals surface area contributed by atoms with Gasteiger partial charge in [0.1, 0.15) is 0 Å². The van der Waals surface area contributed by atoms with Crippen molar-refractivity contribution in [3.63, 3.8) is 0 Å². The Morgan fingerprint density at radius 3 is 2.71 bits per heavy atom. The molecular formula is C15H29NS. The fourth-order valence-corrected chi connectivity index (χ4v) is 4.87. The predicted octanol–water partition coefficient (Wildman–Crippen LogP) is 4.08. The number of rotatable bonds is 3. The molecule has 3 atom stereocenters. The highest BCUT2D eigenvalue weighted by Gasteiger charge is 2.31. The van der Waals surface area contributed by atoms with E-state index in [-0.39, 0.29) is 0 Å². The van der Waals surface area contributed by atoms with Crippen molar-refractivity contribution < 1.29 is 0 Å². The molecular weight excluding hydrogens is 226 g/mol. The molecule has 0 aromatic rings. The van der Waals surface area contributed by atoms with Crippen LogP contribution in [0.1, 0.15) is 59.3 Å². The van der Waals surface area contributed by atoms with Crippen molar-refractivity contribution >= 4 is 11.8 Å². The zero-order chi connectivity index (χ0) is 12.3. The Hall–Kier alpha value is 0.310. The molecule has 17 heavy (non-hydrogen) atoms. The molecule has 2 fully saturated rings. The van der Waals surface area contributed by atoms with Crippen LogP contribution in [0.25, 0.3) is 0 Å². The standard InChI is InChI=1S/C15H29NS/c1-4-12-7-5-6-8-14(12)16-13-9-15(2,3)11-17-10-13/h12-14,16H,4-11H2,1-3H3. The lowest BCUT2D eigenvalue weighted by atomic mass is 9.81. The molecule has 0 radical (unpaired) electrons. The lowest BCUT2D eigenvalue weighted by Gasteiger charge is -2.40. The van der Waals surface area contributed by atoms with E-state index in [1.165, 1.54) is 50.0 Å². The van der Waals surface area contributed by atoms with Crippen LogP contribution in [-0.4, -0.2) is 23.6 Å². The maximum absolute atomic E-state index is 3.99. The predicted molar refractivity (Wildman–Crippen MR) is 78.7 cm³/mol. The van der Waals surface area contributed by atoms with Crippen molar-refractivity contribution in [2.75, 3.05) is 11.5 Å². The highest BCUT2D eigenvalue weighted by atomic mass is 32.2. The summed E-state index contributed by atoms with van der Waals surface area (Å²) in [5.74, 6) is 3.61. The van der Waals surface area contributed by atoms with Crippen LogP contribution in [0.4, 0.5) is 0 Å². The Bertz CT molecular complexity index is 239. The monoisotopic (exact) mass is 255 g/mol. The van der Waals surface area contributed by atoms with E-state index in [0.717, 1.165) is 18.0 Å². The molecule has 0 amide bonds. The Balaban J connectivity index is 1.86. The van der Waals surface area contributed by atoms with Gasteiger partial charge in [-0.05, 0) is 36.3 Å². The molecule has 100 valence electrons. The van der Waals surface area contributed by atoms with Gasteiger partial charge in [0.15, 0.2) is 0 Å². The van der Waals surface area contributed by atoms with E-state index >= 15 is 0 Å². The van der Waals surface area contributed by atoms with E-state index in [9.17, 15) is 0 Å². The zero-order valence-electron chi connectivity index (χ0n) is 11.8. The molecule has 2 rings (SSSR count). The van der Waals surface area contributed by atoms with Gasteiger partial charge in [-0.25, -0.2) is 0 Å². The fraction of sp³-hybridized carbons (Fsp3) is 1.00. The molecule has 0 aromatic heterocycles. The number of hydrogen-bond donors (Lipinski definition) is 1. The van der Waals surface area contributed by atoms with Crippen LogP contribution in [0.2, 0.25) is 0 Å². The Morgan fingerprint density at radius 1 is 1.24 bits per heavy atom. The second-order valence-electron chi connectivity index (χ2n) is 6.81. The third-order valence-corrected chi connectivity index (χ3v) is 6.12. The second kappa shape index (κ2) is 5.97. The summed E-state index contributed by atoms with van der Waals surface area (Å²) in [4.78, 5) is 0. The van der Waals surface area contributed by atoms with Gasteiger partial charge in [0.25, 0.3) is 0 Å². The molecule has 1 nitrogen and oxygen atoms in total. The lowest BCUT2D eigenvalue weighted by Crippen LogP contribution is -2.48. The molecule has 3 unspecified atom stereocenters. The molecule has 2 aliphatic rings. The molecule has 1 saturated heterocycles. The molecule has 1 saturated carbocycles. The van der Waals surface area contributed by atoms with E-state index in [0.29, 0.717) is 5.41 Å². The first kappa shape index (κ1) is 13.7. The molecule has 1 aliphatic carbocycles. The largest absolute Gasteiger partial charge is 0.310 e. The molecule has 0 aromatic carbocycles. The van der Waals surface area contributed by atoms with E-state index in [4.69, 9.17) is 0 Å². The SMILES string of the molecule is CCC1CCCCC1NC1CSCC(C)(C)C1. The van der Waals surface area contributed by atoms with E-state index in [1.54, 1.807) is 0 Å². The quantitative estimate of drug-likeness (QED) is 0.815. The molecule has 1 heterocycles. The minimum absolute atomic E-state index is 0.539. The maximum atomic E-state index is 3.99. The van der Waals surface area contributed by atoms with Gasteiger partial charge in [0, 0.05) is 17.8 Å². The van der Waals surface area contributed by atoms with Gasteiger partial charge < -0.3 is 5.32 Å². The fourth-order valence-electron chi connectivity index (χ4n) is 3.59. The van der Waals surface area contributed by atoms with Crippen LogP contribution in [0.15, 0.2) is 0 Å². The van der Waals surface area contributed by atoms with Crippen LogP contribution in [-0.2, 0) is 0 Å². The topological polar surface area (TPSA) is 12.0 Å². The van der Waals surface area contributed by atoms with Gasteiger partial charge in [-0.15, -0.1) is 0 Å². The maximum Gasteiger partial charge on any atom is 0.0166 e. The first-order valence-corrected chi connectivity index (χ1v) is 8.60. The summed E-state index contributed by atoms with van der Waals surface area (Å²) in [5, 5.41) is 3.99. The first-order chi connectivity index (χ1) is 8.11. The summed E-state index contributed by atoms with van der Waals surface area (Å²) in [6, 6.07) is 1.58. The van der Waals surface area contributed by atoms with Crippen LogP contribution in [0.5, 0.6) is 0 Å². The molecule has 0 bridgehead atoms. The lowest BCUT2D eigenvalue weighted by molar-refractivity contribution is 0.216. The van der Waals surface area contributed by atoms with E-state index in [1.807, 2.05) is 0 Å². The molecule has 1 aliphatic heterocycles. The molecule has 0 spiro atoms. The van der Waals surface area contributed by atoms with Crippen LogP contribution in [0, 0.1) is 11.3 Å². The Labute approximate surface area is 112 Å². The molecule has 1 N–H and O–H groups in total. The van der Waals surface area contributed by atoms with Gasteiger partial charge in [-0.3, -0.25) is 0 Å². The van der Waals surface area contributed by atoms with Crippen molar-refractivity contribution in [1.29, 1.82) is 0 Å². The Morgan fingerprint density at radius 2 is 2.00 bits per heavy atom. The van der Waals surface area contributed by atoms with Gasteiger partial charge in [0.05, 0.1) is 0 Å². The number of hydrogen-bond acceptors (Lipinski definition) is 2.